The molecule has 1 N–H and O–H groups in total. The minimum atomic E-state index is -2.21. The van der Waals surface area contributed by atoms with E-state index in [-0.39, 0.29) is 0 Å². The van der Waals surface area contributed by atoms with Crippen molar-refractivity contribution in [3.63, 3.8) is 0 Å². The Labute approximate surface area is 122 Å². The van der Waals surface area contributed by atoms with E-state index in [1.54, 1.807) is 0 Å². The molecule has 2 aliphatic rings. The Balaban J connectivity index is 1.58. The van der Waals surface area contributed by atoms with Gasteiger partial charge in [-0.05, 0) is 18.1 Å². The molecule has 0 aromatic carbocycles. The van der Waals surface area contributed by atoms with Gasteiger partial charge in [-0.15, -0.1) is 0 Å². The average molecular weight is 304 g/mol. The van der Waals surface area contributed by atoms with E-state index < -0.39 is 8.32 Å². The second-order valence-corrected chi connectivity index (χ2v) is 9.84. The first-order valence-electron chi connectivity index (χ1n) is 7.83. The van der Waals surface area contributed by atoms with Crippen molar-refractivity contribution in [1.29, 1.82) is 0 Å². The maximum atomic E-state index is 10.8. The van der Waals surface area contributed by atoms with Crippen molar-refractivity contribution in [3.05, 3.63) is 0 Å². The van der Waals surface area contributed by atoms with Crippen LogP contribution in [0, 0.1) is 0 Å². The summed E-state index contributed by atoms with van der Waals surface area (Å²) in [4.78, 5) is 10.8. The monoisotopic (exact) mass is 304 g/mol. The molecule has 0 amide bonds. The van der Waals surface area contributed by atoms with Gasteiger partial charge in [0.15, 0.2) is 8.32 Å². The zero-order valence-corrected chi connectivity index (χ0v) is 13.5. The zero-order chi connectivity index (χ0) is 14.3. The minimum absolute atomic E-state index is 0.308. The fourth-order valence-corrected chi connectivity index (χ4v) is 4.97. The SMILES string of the molecule is CCCC[Si](O)(CCOCC1CO1)CCOCC1CO1. The lowest BCUT2D eigenvalue weighted by atomic mass is 10.4. The van der Waals surface area contributed by atoms with Gasteiger partial charge >= 0.3 is 0 Å². The standard InChI is InChI=1S/C14H28O5Si/c1-2-3-6-20(15,7-4-16-9-13-11-18-13)8-5-17-10-14-12-19-14/h13-15H,2-12H2,1H3. The van der Waals surface area contributed by atoms with Crippen LogP contribution < -0.4 is 0 Å². The van der Waals surface area contributed by atoms with E-state index in [2.05, 4.69) is 6.92 Å². The number of rotatable bonds is 13. The molecule has 0 aromatic rings. The van der Waals surface area contributed by atoms with Crippen molar-refractivity contribution < 1.29 is 23.7 Å². The van der Waals surface area contributed by atoms with Gasteiger partial charge in [0, 0.05) is 13.2 Å². The van der Waals surface area contributed by atoms with E-state index in [4.69, 9.17) is 18.9 Å². The van der Waals surface area contributed by atoms with Crippen LogP contribution in [0.4, 0.5) is 0 Å². The van der Waals surface area contributed by atoms with E-state index in [0.29, 0.717) is 38.6 Å². The fraction of sp³-hybridized carbons (Fsp3) is 1.00. The summed E-state index contributed by atoms with van der Waals surface area (Å²) in [6.45, 7) is 6.47. The third-order valence-electron chi connectivity index (χ3n) is 3.83. The lowest BCUT2D eigenvalue weighted by Crippen LogP contribution is -2.37. The molecule has 0 radical (unpaired) electrons. The molecular formula is C14H28O5Si. The third-order valence-corrected chi connectivity index (χ3v) is 7.39. The highest BCUT2D eigenvalue weighted by Crippen LogP contribution is 2.22. The smallest absolute Gasteiger partial charge is 0.193 e. The van der Waals surface area contributed by atoms with E-state index in [1.807, 2.05) is 0 Å². The van der Waals surface area contributed by atoms with Crippen molar-refractivity contribution >= 4 is 8.32 Å². The first-order valence-corrected chi connectivity index (χ1v) is 10.4. The molecular weight excluding hydrogens is 276 g/mol. The third kappa shape index (κ3) is 7.15. The van der Waals surface area contributed by atoms with Crippen molar-refractivity contribution in [1.82, 2.24) is 0 Å². The largest absolute Gasteiger partial charge is 0.432 e. The molecule has 0 aromatic heterocycles. The van der Waals surface area contributed by atoms with Gasteiger partial charge in [-0.3, -0.25) is 0 Å². The Morgan fingerprint density at radius 2 is 1.50 bits per heavy atom. The maximum absolute atomic E-state index is 10.8. The zero-order valence-electron chi connectivity index (χ0n) is 12.5. The minimum Gasteiger partial charge on any atom is -0.432 e. The van der Waals surface area contributed by atoms with Crippen LogP contribution in [0.3, 0.4) is 0 Å². The highest BCUT2D eigenvalue weighted by Gasteiger charge is 2.31. The summed E-state index contributed by atoms with van der Waals surface area (Å²) in [7, 11) is -2.21. The second kappa shape index (κ2) is 8.46. The highest BCUT2D eigenvalue weighted by atomic mass is 28.4. The Morgan fingerprint density at radius 3 is 1.90 bits per heavy atom. The first kappa shape index (κ1) is 16.4. The van der Waals surface area contributed by atoms with Gasteiger partial charge in [-0.1, -0.05) is 19.8 Å². The molecule has 2 heterocycles. The average Bonchev–Trinajstić information content (AvgIpc) is 3.32. The Bertz CT molecular complexity index is 248. The molecule has 6 heteroatoms. The fourth-order valence-electron chi connectivity index (χ4n) is 2.16. The van der Waals surface area contributed by atoms with Crippen LogP contribution in [0.5, 0.6) is 0 Å². The highest BCUT2D eigenvalue weighted by molar-refractivity contribution is 6.72. The summed E-state index contributed by atoms with van der Waals surface area (Å²) in [5.74, 6) is 0. The molecule has 2 fully saturated rings. The van der Waals surface area contributed by atoms with Crippen LogP contribution in [-0.2, 0) is 18.9 Å². The number of hydrogen-bond donors (Lipinski definition) is 1. The summed E-state index contributed by atoms with van der Waals surface area (Å²) >= 11 is 0. The summed E-state index contributed by atoms with van der Waals surface area (Å²) < 4.78 is 21.4. The van der Waals surface area contributed by atoms with Gasteiger partial charge in [0.2, 0.25) is 0 Å². The van der Waals surface area contributed by atoms with Crippen molar-refractivity contribution in [2.24, 2.45) is 0 Å². The molecule has 5 nitrogen and oxygen atoms in total. The van der Waals surface area contributed by atoms with Gasteiger partial charge in [-0.25, -0.2) is 0 Å². The molecule has 118 valence electrons. The van der Waals surface area contributed by atoms with Crippen LogP contribution in [0.1, 0.15) is 19.8 Å². The number of epoxide rings is 2. The van der Waals surface area contributed by atoms with Gasteiger partial charge in [0.1, 0.15) is 12.2 Å². The number of unbranched alkanes of at least 4 members (excludes halogenated alkanes) is 1. The van der Waals surface area contributed by atoms with Crippen molar-refractivity contribution in [2.75, 3.05) is 39.6 Å². The molecule has 0 bridgehead atoms. The van der Waals surface area contributed by atoms with Crippen LogP contribution in [-0.4, -0.2) is 65.0 Å². The van der Waals surface area contributed by atoms with Gasteiger partial charge in [0.05, 0.1) is 26.4 Å². The maximum Gasteiger partial charge on any atom is 0.193 e. The van der Waals surface area contributed by atoms with E-state index in [1.165, 1.54) is 0 Å². The summed E-state index contributed by atoms with van der Waals surface area (Å²) in [5, 5.41) is 0. The summed E-state index contributed by atoms with van der Waals surface area (Å²) in [6, 6.07) is 2.57. The lowest BCUT2D eigenvalue weighted by Gasteiger charge is -2.25. The van der Waals surface area contributed by atoms with Crippen molar-refractivity contribution in [2.45, 2.75) is 50.1 Å². The number of hydrogen-bond acceptors (Lipinski definition) is 5. The summed E-state index contributed by atoms with van der Waals surface area (Å²) in [6.07, 6.45) is 2.84. The quantitative estimate of drug-likeness (QED) is 0.318. The second-order valence-electron chi connectivity index (χ2n) is 5.89. The number of ether oxygens (including phenoxy) is 4. The first-order chi connectivity index (χ1) is 9.72. The van der Waals surface area contributed by atoms with Gasteiger partial charge in [0.25, 0.3) is 0 Å². The molecule has 20 heavy (non-hydrogen) atoms. The van der Waals surface area contributed by atoms with E-state index in [0.717, 1.165) is 44.2 Å². The Morgan fingerprint density at radius 1 is 1.00 bits per heavy atom. The predicted octanol–water partition coefficient (Wildman–Crippen LogP) is 1.56. The molecule has 0 saturated carbocycles. The van der Waals surface area contributed by atoms with E-state index >= 15 is 0 Å². The molecule has 2 saturated heterocycles. The van der Waals surface area contributed by atoms with Crippen molar-refractivity contribution in [3.8, 4) is 0 Å². The molecule has 2 unspecified atom stereocenters. The predicted molar refractivity (Wildman–Crippen MR) is 78.4 cm³/mol. The van der Waals surface area contributed by atoms with Crippen LogP contribution in [0.2, 0.25) is 18.1 Å². The van der Waals surface area contributed by atoms with Crippen LogP contribution >= 0.6 is 0 Å². The van der Waals surface area contributed by atoms with Crippen LogP contribution in [0.15, 0.2) is 0 Å². The Hall–Kier alpha value is 0.0169. The normalized spacial score (nSPS) is 27.3. The molecule has 2 atom stereocenters. The van der Waals surface area contributed by atoms with Gasteiger partial charge in [-0.2, -0.15) is 0 Å². The topological polar surface area (TPSA) is 63.8 Å². The molecule has 0 aliphatic carbocycles. The molecule has 2 rings (SSSR count). The lowest BCUT2D eigenvalue weighted by molar-refractivity contribution is 0.119. The molecule has 0 spiro atoms. The summed E-state index contributed by atoms with van der Waals surface area (Å²) in [5.41, 5.74) is 0. The van der Waals surface area contributed by atoms with E-state index in [9.17, 15) is 4.80 Å². The van der Waals surface area contributed by atoms with Crippen LogP contribution in [0.25, 0.3) is 0 Å². The van der Waals surface area contributed by atoms with Gasteiger partial charge < -0.3 is 23.7 Å². The Kier molecular flexibility index (Phi) is 6.93. The molecule has 2 aliphatic heterocycles.